The van der Waals surface area contributed by atoms with Gasteiger partial charge < -0.3 is 58.3 Å². The topological polar surface area (TPSA) is 155 Å². The normalized spacial score (nSPS) is 26.1. The molecule has 20 bridgehead atoms. The summed E-state index contributed by atoms with van der Waals surface area (Å²) in [5, 5.41) is 48.6. The highest BCUT2D eigenvalue weighted by Gasteiger charge is 2.44. The van der Waals surface area contributed by atoms with Crippen molar-refractivity contribution in [1.82, 2.24) is 0 Å². The summed E-state index contributed by atoms with van der Waals surface area (Å²) in [7, 11) is 6.56. The zero-order valence-electron chi connectivity index (χ0n) is 54.4. The Morgan fingerprint density at radius 2 is 0.489 bits per heavy atom. The van der Waals surface area contributed by atoms with Crippen molar-refractivity contribution in [3.63, 3.8) is 0 Å². The molecule has 0 aliphatic heterocycles. The van der Waals surface area contributed by atoms with Crippen molar-refractivity contribution >= 4 is 0 Å². The molecule has 4 unspecified atom stereocenters. The molecule has 0 spiro atoms. The Kier molecular flexibility index (Phi) is 21.2. The molecule has 8 aromatic carbocycles. The van der Waals surface area contributed by atoms with Gasteiger partial charge in [-0.2, -0.15) is 0 Å². The standard InChI is InChI=1S/C80H92O12/c1-7-79(91-55-87-5)43-41-73(89-53-85-3)65-13-9-57(10-14-65)59-17-29-67(30-18-59)75(81)45-47-76(82,48-46-75)68-31-19-60(20-32-68)58-11-15-66(16-12-58)74(90-54-86-4)42-44-80(8-2,92-56-88-6)72-39-27-64(28-40-72)62-23-35-70(36-24-62)78(84)51-49-77(83,50-52-78)69-33-21-61(22-34-69)63-25-37-71(79)38-26-63/h9-40,73-74,81-84H,7-8,41-56H2,1-6H3. The molecule has 26 rings (SSSR count). The Balaban J connectivity index is 0.869. The third-order valence-corrected chi connectivity index (χ3v) is 20.7. The lowest BCUT2D eigenvalue weighted by Crippen LogP contribution is -2.39. The summed E-state index contributed by atoms with van der Waals surface area (Å²) < 4.78 is 48.0. The van der Waals surface area contributed by atoms with Crippen LogP contribution in [0, 0.1) is 0 Å². The first-order chi connectivity index (χ1) is 44.6. The summed E-state index contributed by atoms with van der Waals surface area (Å²) in [4.78, 5) is 0. The van der Waals surface area contributed by atoms with E-state index in [-0.39, 0.29) is 39.4 Å². The van der Waals surface area contributed by atoms with Crippen molar-refractivity contribution < 1.29 is 58.3 Å². The lowest BCUT2D eigenvalue weighted by molar-refractivity contribution is -0.149. The molecule has 0 radical (unpaired) electrons. The maximum Gasteiger partial charge on any atom is 0.147 e. The quantitative estimate of drug-likeness (QED) is 0.0766. The van der Waals surface area contributed by atoms with Gasteiger partial charge in [-0.15, -0.1) is 0 Å². The second kappa shape index (κ2) is 29.3. The first kappa shape index (κ1) is 66.7. The molecule has 12 nitrogen and oxygen atoms in total. The Labute approximate surface area is 544 Å². The highest BCUT2D eigenvalue weighted by atomic mass is 16.7. The van der Waals surface area contributed by atoms with Gasteiger partial charge >= 0.3 is 0 Å². The molecule has 4 atom stereocenters. The highest BCUT2D eigenvalue weighted by Crippen LogP contribution is 2.49. The molecule has 4 N–H and O–H groups in total. The van der Waals surface area contributed by atoms with Crippen molar-refractivity contribution in [1.29, 1.82) is 0 Å². The van der Waals surface area contributed by atoms with E-state index < -0.39 is 33.6 Å². The number of benzene rings is 8. The van der Waals surface area contributed by atoms with E-state index in [9.17, 15) is 20.4 Å². The molecule has 18 aliphatic rings. The van der Waals surface area contributed by atoms with Crippen molar-refractivity contribution in [3.8, 4) is 44.5 Å². The minimum absolute atomic E-state index is 0.127. The van der Waals surface area contributed by atoms with Gasteiger partial charge in [-0.25, -0.2) is 0 Å². The van der Waals surface area contributed by atoms with Crippen molar-refractivity contribution in [2.75, 3.05) is 55.6 Å². The average Bonchev–Trinajstić information content (AvgIpc) is 0.796. The number of hydrogen-bond acceptors (Lipinski definition) is 12. The van der Waals surface area contributed by atoms with Gasteiger partial charge in [0.2, 0.25) is 0 Å². The Morgan fingerprint density at radius 1 is 0.283 bits per heavy atom. The second-order valence-corrected chi connectivity index (χ2v) is 25.8. The van der Waals surface area contributed by atoms with E-state index in [2.05, 4.69) is 159 Å². The van der Waals surface area contributed by atoms with Gasteiger partial charge in [-0.05, 0) is 179 Å². The van der Waals surface area contributed by atoms with Gasteiger partial charge in [-0.3, -0.25) is 0 Å². The first-order valence-electron chi connectivity index (χ1n) is 32.8. The molecule has 0 saturated heterocycles. The second-order valence-electron chi connectivity index (χ2n) is 25.8. The third-order valence-electron chi connectivity index (χ3n) is 20.7. The van der Waals surface area contributed by atoms with Crippen LogP contribution in [-0.2, 0) is 71.5 Å². The van der Waals surface area contributed by atoms with Crippen LogP contribution in [0.25, 0.3) is 44.5 Å². The summed E-state index contributed by atoms with van der Waals surface area (Å²) in [6.45, 7) is 4.80. The van der Waals surface area contributed by atoms with Gasteiger partial charge in [0.05, 0.1) is 45.8 Å². The van der Waals surface area contributed by atoms with E-state index in [0.29, 0.717) is 89.9 Å². The van der Waals surface area contributed by atoms with E-state index in [0.717, 1.165) is 89.0 Å². The smallest absolute Gasteiger partial charge is 0.147 e. The fourth-order valence-corrected chi connectivity index (χ4v) is 14.5. The van der Waals surface area contributed by atoms with Gasteiger partial charge in [0.1, 0.15) is 27.2 Å². The molecule has 484 valence electrons. The molecule has 8 aromatic rings. The fourth-order valence-electron chi connectivity index (χ4n) is 14.5. The van der Waals surface area contributed by atoms with Gasteiger partial charge in [0.15, 0.2) is 0 Å². The largest absolute Gasteiger partial charge is 0.385 e. The monoisotopic (exact) mass is 1240 g/mol. The third kappa shape index (κ3) is 14.5. The Hall–Kier alpha value is -6.72. The summed E-state index contributed by atoms with van der Waals surface area (Å²) in [6.07, 6.45) is 6.78. The Morgan fingerprint density at radius 3 is 0.696 bits per heavy atom. The number of hydrogen-bond donors (Lipinski definition) is 4. The zero-order valence-corrected chi connectivity index (χ0v) is 54.4. The number of aliphatic hydroxyl groups is 4. The zero-order chi connectivity index (χ0) is 64.4. The maximum absolute atomic E-state index is 12.2. The molecule has 18 aliphatic carbocycles. The summed E-state index contributed by atoms with van der Waals surface area (Å²) >= 11 is 0. The van der Waals surface area contributed by atoms with Crippen LogP contribution in [0.15, 0.2) is 194 Å². The van der Waals surface area contributed by atoms with Gasteiger partial charge in [0.25, 0.3) is 0 Å². The van der Waals surface area contributed by atoms with E-state index in [1.165, 1.54) is 0 Å². The van der Waals surface area contributed by atoms with Crippen LogP contribution in [0.5, 0.6) is 0 Å². The molecular weight excluding hydrogens is 1150 g/mol. The van der Waals surface area contributed by atoms with E-state index in [1.54, 1.807) is 28.4 Å². The molecule has 0 heterocycles. The predicted molar refractivity (Wildman–Crippen MR) is 360 cm³/mol. The van der Waals surface area contributed by atoms with E-state index in [4.69, 9.17) is 37.9 Å². The molecular formula is C80H92O12. The maximum atomic E-state index is 12.2. The highest BCUT2D eigenvalue weighted by molar-refractivity contribution is 5.67. The minimum Gasteiger partial charge on any atom is -0.385 e. The SMILES string of the molecule is CCC1(OCOC)CCC(OCOC)c2ccc(cc2)-c2ccc(cc2)C2(O)CCC(O)(CC2)c2ccc(cc2)-c2ccc(cc2)C(OCOC)CCC(CC)(OCOC)c2ccc(cc2)-c2ccc(cc2)C2(O)CCC(O)(CC2)c2ccc(cc2)-c2ccc1cc2. The predicted octanol–water partition coefficient (Wildman–Crippen LogP) is 16.7. The van der Waals surface area contributed by atoms with Crippen molar-refractivity contribution in [2.24, 2.45) is 0 Å². The average molecular weight is 1250 g/mol. The first-order valence-corrected chi connectivity index (χ1v) is 32.8. The summed E-state index contributed by atoms with van der Waals surface area (Å²) in [5.41, 5.74) is 10.2. The fraction of sp³-hybridized carbons (Fsp3) is 0.400. The van der Waals surface area contributed by atoms with Crippen molar-refractivity contribution in [3.05, 3.63) is 239 Å². The van der Waals surface area contributed by atoms with Crippen LogP contribution in [0.2, 0.25) is 0 Å². The van der Waals surface area contributed by atoms with E-state index in [1.807, 2.05) is 48.5 Å². The summed E-state index contributed by atoms with van der Waals surface area (Å²) in [5.74, 6) is 0. The van der Waals surface area contributed by atoms with Crippen LogP contribution < -0.4 is 0 Å². The van der Waals surface area contributed by atoms with Crippen LogP contribution in [0.1, 0.15) is 160 Å². The van der Waals surface area contributed by atoms with E-state index >= 15 is 0 Å². The molecule has 92 heavy (non-hydrogen) atoms. The lowest BCUT2D eigenvalue weighted by Gasteiger charge is -2.41. The molecule has 2 saturated carbocycles. The lowest BCUT2D eigenvalue weighted by atomic mass is 9.70. The molecule has 2 fully saturated rings. The number of methoxy groups -OCH3 is 4. The van der Waals surface area contributed by atoms with Crippen LogP contribution >= 0.6 is 0 Å². The van der Waals surface area contributed by atoms with Crippen molar-refractivity contribution in [2.45, 2.75) is 150 Å². The number of rotatable bonds is 14. The number of ether oxygens (including phenoxy) is 8. The van der Waals surface area contributed by atoms with Crippen LogP contribution in [-0.4, -0.2) is 76.0 Å². The van der Waals surface area contributed by atoms with Crippen LogP contribution in [0.3, 0.4) is 0 Å². The Bertz CT molecular complexity index is 3350. The summed E-state index contributed by atoms with van der Waals surface area (Å²) in [6, 6.07) is 66.8. The van der Waals surface area contributed by atoms with Crippen LogP contribution in [0.4, 0.5) is 0 Å². The molecule has 0 aromatic heterocycles. The molecule has 12 heteroatoms. The molecule has 0 amide bonds. The minimum atomic E-state index is -1.07. The van der Waals surface area contributed by atoms with Gasteiger partial charge in [0, 0.05) is 28.4 Å². The van der Waals surface area contributed by atoms with Gasteiger partial charge in [-0.1, -0.05) is 208 Å².